The highest BCUT2D eigenvalue weighted by Gasteiger charge is 2.14. The van der Waals surface area contributed by atoms with E-state index in [0.29, 0.717) is 30.9 Å². The van der Waals surface area contributed by atoms with Crippen LogP contribution in [0.2, 0.25) is 0 Å². The second-order valence-electron chi connectivity index (χ2n) is 6.18. The maximum absolute atomic E-state index is 11.3. The highest BCUT2D eigenvalue weighted by Crippen LogP contribution is 2.07. The van der Waals surface area contributed by atoms with Gasteiger partial charge in [-0.05, 0) is 43.0 Å². The minimum Gasteiger partial charge on any atom is -0.402 e. The summed E-state index contributed by atoms with van der Waals surface area (Å²) in [5, 5.41) is 32.9. The van der Waals surface area contributed by atoms with Gasteiger partial charge in [-0.15, -0.1) is 0 Å². The van der Waals surface area contributed by atoms with E-state index in [4.69, 9.17) is 10.8 Å². The zero-order valence-corrected chi connectivity index (χ0v) is 16.5. The SMILES string of the molecule is C=C/C(NCCn1cc(CCO)c2c1=CCCC=2)=C(\C=C(/C)N)[N+](=O)[O-].CO. The van der Waals surface area contributed by atoms with Crippen molar-refractivity contribution >= 4 is 12.2 Å². The molecule has 0 spiro atoms. The summed E-state index contributed by atoms with van der Waals surface area (Å²) in [5.74, 6) is 0. The Morgan fingerprint density at radius 3 is 2.68 bits per heavy atom. The van der Waals surface area contributed by atoms with Crippen LogP contribution in [0.1, 0.15) is 25.3 Å². The molecule has 0 radical (unpaired) electrons. The Hall–Kier alpha value is -2.84. The molecule has 0 saturated carbocycles. The van der Waals surface area contributed by atoms with Crippen LogP contribution in [0.3, 0.4) is 0 Å². The highest BCUT2D eigenvalue weighted by molar-refractivity contribution is 5.40. The first-order valence-corrected chi connectivity index (χ1v) is 9.10. The molecule has 28 heavy (non-hydrogen) atoms. The predicted octanol–water partition coefficient (Wildman–Crippen LogP) is 0.113. The molecule has 1 aromatic heterocycles. The molecule has 1 aromatic rings. The number of nitrogens with two attached hydrogens (primary N) is 1. The number of aliphatic hydroxyl groups is 2. The molecule has 1 aliphatic rings. The topological polar surface area (TPSA) is 127 Å². The van der Waals surface area contributed by atoms with E-state index in [-0.39, 0.29) is 12.3 Å². The zero-order valence-electron chi connectivity index (χ0n) is 16.5. The molecular weight excluding hydrogens is 360 g/mol. The molecule has 0 atom stereocenters. The summed E-state index contributed by atoms with van der Waals surface area (Å²) in [6.07, 6.45) is 11.8. The second-order valence-corrected chi connectivity index (χ2v) is 6.18. The van der Waals surface area contributed by atoms with Crippen LogP contribution < -0.4 is 21.6 Å². The Morgan fingerprint density at radius 2 is 2.11 bits per heavy atom. The van der Waals surface area contributed by atoms with Gasteiger partial charge >= 0.3 is 0 Å². The summed E-state index contributed by atoms with van der Waals surface area (Å²) < 4.78 is 2.12. The summed E-state index contributed by atoms with van der Waals surface area (Å²) in [4.78, 5) is 10.8. The smallest absolute Gasteiger partial charge is 0.293 e. The van der Waals surface area contributed by atoms with E-state index in [9.17, 15) is 15.2 Å². The van der Waals surface area contributed by atoms with Gasteiger partial charge in [0.15, 0.2) is 0 Å². The zero-order chi connectivity index (χ0) is 21.1. The first kappa shape index (κ1) is 23.2. The van der Waals surface area contributed by atoms with E-state index in [1.165, 1.54) is 17.4 Å². The van der Waals surface area contributed by atoms with Crippen LogP contribution in [0, 0.1) is 10.1 Å². The van der Waals surface area contributed by atoms with Crippen molar-refractivity contribution in [1.29, 1.82) is 0 Å². The molecule has 0 unspecified atom stereocenters. The summed E-state index contributed by atoms with van der Waals surface area (Å²) in [7, 11) is 1.00. The van der Waals surface area contributed by atoms with Crippen molar-refractivity contribution in [2.75, 3.05) is 20.3 Å². The average molecular weight is 390 g/mol. The molecule has 8 nitrogen and oxygen atoms in total. The van der Waals surface area contributed by atoms with Crippen molar-refractivity contribution in [2.24, 2.45) is 5.73 Å². The number of hydrogen-bond acceptors (Lipinski definition) is 6. The van der Waals surface area contributed by atoms with Gasteiger partial charge in [0, 0.05) is 50.1 Å². The lowest BCUT2D eigenvalue weighted by molar-refractivity contribution is -0.420. The molecular formula is C20H30N4O4. The number of nitrogens with zero attached hydrogens (tertiary/aromatic N) is 2. The molecule has 0 saturated heterocycles. The standard InChI is InChI=1S/C19H26N4O3.CH4O/c1-3-17(19(23(25)26)12-14(2)20)21-9-10-22-13-15(8-11-24)16-6-4-5-7-18(16)22;1-2/h3,6-7,12-13,21,24H,1,4-5,8-11,20H2,2H3;2H,1H3/b14-12+,19-17-;. The molecule has 1 heterocycles. The summed E-state index contributed by atoms with van der Waals surface area (Å²) in [5.41, 5.74) is 7.31. The first-order valence-electron chi connectivity index (χ1n) is 9.10. The Labute approximate surface area is 164 Å². The van der Waals surface area contributed by atoms with Gasteiger partial charge in [0.2, 0.25) is 0 Å². The molecule has 0 aliphatic heterocycles. The Morgan fingerprint density at radius 1 is 1.43 bits per heavy atom. The first-order chi connectivity index (χ1) is 13.5. The number of fused-ring (bicyclic) bond motifs is 1. The van der Waals surface area contributed by atoms with Gasteiger partial charge in [0.25, 0.3) is 5.70 Å². The van der Waals surface area contributed by atoms with Crippen LogP contribution >= 0.6 is 0 Å². The van der Waals surface area contributed by atoms with Gasteiger partial charge in [-0.2, -0.15) is 0 Å². The second kappa shape index (κ2) is 11.8. The fraction of sp³-hybridized carbons (Fsp3) is 0.400. The predicted molar refractivity (Wildman–Crippen MR) is 111 cm³/mol. The Balaban J connectivity index is 0.00000190. The molecule has 1 aliphatic carbocycles. The number of rotatable bonds is 9. The Kier molecular flexibility index (Phi) is 9.76. The van der Waals surface area contributed by atoms with Gasteiger partial charge < -0.3 is 25.8 Å². The quantitative estimate of drug-likeness (QED) is 0.269. The van der Waals surface area contributed by atoms with E-state index in [0.717, 1.165) is 30.9 Å². The fourth-order valence-corrected chi connectivity index (χ4v) is 3.08. The van der Waals surface area contributed by atoms with Gasteiger partial charge in [0.05, 0.1) is 4.92 Å². The monoisotopic (exact) mass is 390 g/mol. The number of aliphatic hydroxyl groups excluding tert-OH is 2. The van der Waals surface area contributed by atoms with Crippen molar-refractivity contribution in [3.05, 3.63) is 68.3 Å². The molecule has 0 aromatic carbocycles. The summed E-state index contributed by atoms with van der Waals surface area (Å²) in [6.45, 7) is 6.52. The van der Waals surface area contributed by atoms with E-state index < -0.39 is 4.92 Å². The van der Waals surface area contributed by atoms with Gasteiger partial charge in [0.1, 0.15) is 5.70 Å². The van der Waals surface area contributed by atoms with Crippen LogP contribution in [-0.4, -0.2) is 40.0 Å². The molecule has 154 valence electrons. The lowest BCUT2D eigenvalue weighted by atomic mass is 10.1. The highest BCUT2D eigenvalue weighted by atomic mass is 16.6. The van der Waals surface area contributed by atoms with Crippen LogP contribution in [0.4, 0.5) is 0 Å². The minimum atomic E-state index is -0.472. The van der Waals surface area contributed by atoms with Crippen LogP contribution in [0.25, 0.3) is 12.2 Å². The third kappa shape index (κ3) is 6.11. The molecule has 2 rings (SSSR count). The van der Waals surface area contributed by atoms with Crippen molar-refractivity contribution in [1.82, 2.24) is 9.88 Å². The molecule has 0 fully saturated rings. The maximum Gasteiger partial charge on any atom is 0.293 e. The number of aromatic nitrogens is 1. The third-order valence-electron chi connectivity index (χ3n) is 4.19. The van der Waals surface area contributed by atoms with Gasteiger partial charge in [-0.25, -0.2) is 0 Å². The number of allylic oxidation sites excluding steroid dienone is 3. The summed E-state index contributed by atoms with van der Waals surface area (Å²) in [6, 6.07) is 0. The molecule has 0 amide bonds. The molecule has 0 bridgehead atoms. The summed E-state index contributed by atoms with van der Waals surface area (Å²) >= 11 is 0. The molecule has 8 heteroatoms. The third-order valence-corrected chi connectivity index (χ3v) is 4.19. The van der Waals surface area contributed by atoms with Crippen LogP contribution in [0.15, 0.2) is 42.0 Å². The van der Waals surface area contributed by atoms with Gasteiger partial charge in [-0.1, -0.05) is 18.7 Å². The van der Waals surface area contributed by atoms with Crippen molar-refractivity contribution in [2.45, 2.75) is 32.7 Å². The minimum absolute atomic E-state index is 0.101. The Bertz CT molecular complexity index is 862. The number of nitrogens with one attached hydrogen (secondary N) is 1. The van der Waals surface area contributed by atoms with Crippen molar-refractivity contribution < 1.29 is 15.1 Å². The van der Waals surface area contributed by atoms with E-state index in [2.05, 4.69) is 34.8 Å². The largest absolute Gasteiger partial charge is 0.402 e. The van der Waals surface area contributed by atoms with Crippen LogP contribution in [0.5, 0.6) is 0 Å². The average Bonchev–Trinajstić information content (AvgIpc) is 3.03. The normalized spacial score (nSPS) is 13.8. The van der Waals surface area contributed by atoms with Crippen LogP contribution in [-0.2, 0) is 13.0 Å². The van der Waals surface area contributed by atoms with E-state index in [1.54, 1.807) is 6.92 Å². The van der Waals surface area contributed by atoms with Crippen molar-refractivity contribution in [3.63, 3.8) is 0 Å². The van der Waals surface area contributed by atoms with Crippen molar-refractivity contribution in [3.8, 4) is 0 Å². The van der Waals surface area contributed by atoms with E-state index >= 15 is 0 Å². The maximum atomic E-state index is 11.3. The van der Waals surface area contributed by atoms with E-state index in [1.807, 2.05) is 0 Å². The lowest BCUT2D eigenvalue weighted by Gasteiger charge is -2.09. The number of nitro groups is 1. The van der Waals surface area contributed by atoms with Gasteiger partial charge in [-0.3, -0.25) is 10.1 Å². The number of hydrogen-bond donors (Lipinski definition) is 4. The fourth-order valence-electron chi connectivity index (χ4n) is 3.08. The lowest BCUT2D eigenvalue weighted by Crippen LogP contribution is -2.34. The molecule has 5 N–H and O–H groups in total.